The maximum absolute atomic E-state index is 13.3. The maximum Gasteiger partial charge on any atom is 0.227 e. The lowest BCUT2D eigenvalue weighted by Crippen LogP contribution is -2.52. The first kappa shape index (κ1) is 23.4. The lowest BCUT2D eigenvalue weighted by atomic mass is 9.96. The van der Waals surface area contributed by atoms with Gasteiger partial charge in [0.1, 0.15) is 5.75 Å². The third-order valence-corrected chi connectivity index (χ3v) is 7.23. The molecule has 8 heteroatoms. The van der Waals surface area contributed by atoms with Crippen molar-refractivity contribution in [3.8, 4) is 17.0 Å². The Hall–Kier alpha value is -3.32. The molecule has 0 N–H and O–H groups in total. The molecule has 0 radical (unpaired) electrons. The van der Waals surface area contributed by atoms with Crippen LogP contribution >= 0.6 is 11.6 Å². The Morgan fingerprint density at radius 3 is 2.37 bits per heavy atom. The Kier molecular flexibility index (Phi) is 7.04. The van der Waals surface area contributed by atoms with E-state index in [1.807, 2.05) is 65.6 Å². The SMILES string of the molecule is COc1ccc(-c2ccc(N3CCCC(C(=O)N4CCN(c5ccccc5Cl)CC4)C3)nn2)cc1. The zero-order valence-electron chi connectivity index (χ0n) is 19.9. The molecule has 3 aromatic rings. The standard InChI is InChI=1S/C27H30ClN5O2/c1-35-22-10-8-20(9-11-22)24-12-13-26(30-29-24)33-14-4-5-21(19-33)27(34)32-17-15-31(16-18-32)25-7-3-2-6-23(25)28/h2-3,6-13,21H,4-5,14-19H2,1H3. The average Bonchev–Trinajstić information content (AvgIpc) is 2.93. The van der Waals surface area contributed by atoms with E-state index in [1.54, 1.807) is 7.11 Å². The summed E-state index contributed by atoms with van der Waals surface area (Å²) in [4.78, 5) is 19.8. The number of hydrogen-bond acceptors (Lipinski definition) is 6. The van der Waals surface area contributed by atoms with Gasteiger partial charge in [0.15, 0.2) is 5.82 Å². The predicted molar refractivity (Wildman–Crippen MR) is 139 cm³/mol. The molecule has 0 aliphatic carbocycles. The molecule has 1 aromatic heterocycles. The number of carbonyl (C=O) groups is 1. The number of piperazine rings is 1. The molecule has 7 nitrogen and oxygen atoms in total. The van der Waals surface area contributed by atoms with Crippen LogP contribution in [0.3, 0.4) is 0 Å². The van der Waals surface area contributed by atoms with Crippen LogP contribution in [-0.2, 0) is 4.79 Å². The van der Waals surface area contributed by atoms with Gasteiger partial charge in [0.2, 0.25) is 5.91 Å². The van der Waals surface area contributed by atoms with Gasteiger partial charge in [0.25, 0.3) is 0 Å². The minimum absolute atomic E-state index is 0.0151. The maximum atomic E-state index is 13.3. The molecule has 5 rings (SSSR count). The first-order valence-corrected chi connectivity index (χ1v) is 12.5. The zero-order chi connectivity index (χ0) is 24.2. The molecule has 1 atom stereocenters. The number of aromatic nitrogens is 2. The predicted octanol–water partition coefficient (Wildman–Crippen LogP) is 4.37. The summed E-state index contributed by atoms with van der Waals surface area (Å²) in [6, 6.07) is 19.7. The van der Waals surface area contributed by atoms with Gasteiger partial charge in [-0.2, -0.15) is 0 Å². The molecule has 2 fully saturated rings. The van der Waals surface area contributed by atoms with Crippen LogP contribution in [0, 0.1) is 5.92 Å². The van der Waals surface area contributed by atoms with Crippen molar-refractivity contribution >= 4 is 29.0 Å². The van der Waals surface area contributed by atoms with Crippen molar-refractivity contribution in [2.75, 3.05) is 56.2 Å². The monoisotopic (exact) mass is 491 g/mol. The molecule has 2 aliphatic heterocycles. The number of rotatable bonds is 5. The molecule has 0 bridgehead atoms. The van der Waals surface area contributed by atoms with Crippen molar-refractivity contribution in [3.63, 3.8) is 0 Å². The Labute approximate surface area is 211 Å². The summed E-state index contributed by atoms with van der Waals surface area (Å²) in [5.41, 5.74) is 2.85. The topological polar surface area (TPSA) is 61.8 Å². The number of ether oxygens (including phenoxy) is 1. The zero-order valence-corrected chi connectivity index (χ0v) is 20.7. The molecule has 1 unspecified atom stereocenters. The average molecular weight is 492 g/mol. The van der Waals surface area contributed by atoms with E-state index in [0.29, 0.717) is 6.54 Å². The first-order valence-electron chi connectivity index (χ1n) is 12.1. The summed E-state index contributed by atoms with van der Waals surface area (Å²) >= 11 is 6.37. The number of piperidine rings is 1. The molecule has 2 saturated heterocycles. The van der Waals surface area contributed by atoms with Crippen molar-refractivity contribution in [2.45, 2.75) is 12.8 Å². The highest BCUT2D eigenvalue weighted by Crippen LogP contribution is 2.28. The summed E-state index contributed by atoms with van der Waals surface area (Å²) in [5.74, 6) is 1.87. The number of amides is 1. The van der Waals surface area contributed by atoms with E-state index in [-0.39, 0.29) is 11.8 Å². The van der Waals surface area contributed by atoms with Gasteiger partial charge in [-0.15, -0.1) is 10.2 Å². The molecule has 0 saturated carbocycles. The molecular formula is C27H30ClN5O2. The number of hydrogen-bond donors (Lipinski definition) is 0. The molecule has 2 aromatic carbocycles. The van der Waals surface area contributed by atoms with Crippen LogP contribution in [0.2, 0.25) is 5.02 Å². The van der Waals surface area contributed by atoms with Crippen LogP contribution in [0.25, 0.3) is 11.3 Å². The van der Waals surface area contributed by atoms with Gasteiger partial charge < -0.3 is 19.4 Å². The fraction of sp³-hybridized carbons (Fsp3) is 0.370. The second kappa shape index (κ2) is 10.5. The lowest BCUT2D eigenvalue weighted by molar-refractivity contribution is -0.136. The quantitative estimate of drug-likeness (QED) is 0.528. The normalized spacial score (nSPS) is 18.5. The van der Waals surface area contributed by atoms with Gasteiger partial charge in [-0.3, -0.25) is 4.79 Å². The largest absolute Gasteiger partial charge is 0.497 e. The van der Waals surface area contributed by atoms with Crippen molar-refractivity contribution in [1.29, 1.82) is 0 Å². The van der Waals surface area contributed by atoms with E-state index >= 15 is 0 Å². The van der Waals surface area contributed by atoms with Gasteiger partial charge in [-0.05, 0) is 61.4 Å². The Morgan fingerprint density at radius 2 is 1.69 bits per heavy atom. The summed E-state index contributed by atoms with van der Waals surface area (Å²) in [6.45, 7) is 4.60. The number of carbonyl (C=O) groups excluding carboxylic acids is 1. The third kappa shape index (κ3) is 5.20. The molecule has 0 spiro atoms. The van der Waals surface area contributed by atoms with Crippen molar-refractivity contribution in [1.82, 2.24) is 15.1 Å². The second-order valence-corrected chi connectivity index (χ2v) is 9.46. The molecule has 2 aliphatic rings. The molecule has 1 amide bonds. The van der Waals surface area contributed by atoms with E-state index in [9.17, 15) is 4.79 Å². The first-order chi connectivity index (χ1) is 17.1. The second-order valence-electron chi connectivity index (χ2n) is 9.05. The fourth-order valence-corrected chi connectivity index (χ4v) is 5.19. The van der Waals surface area contributed by atoms with E-state index in [0.717, 1.165) is 79.1 Å². The number of halogens is 1. The number of methoxy groups -OCH3 is 1. The Bertz CT molecular complexity index is 1150. The number of nitrogens with zero attached hydrogens (tertiary/aromatic N) is 5. The van der Waals surface area contributed by atoms with E-state index < -0.39 is 0 Å². The lowest BCUT2D eigenvalue weighted by Gasteiger charge is -2.40. The molecule has 3 heterocycles. The third-order valence-electron chi connectivity index (χ3n) is 6.92. The van der Waals surface area contributed by atoms with E-state index in [4.69, 9.17) is 16.3 Å². The summed E-state index contributed by atoms with van der Waals surface area (Å²) in [6.07, 6.45) is 1.88. The van der Waals surface area contributed by atoms with Gasteiger partial charge in [0.05, 0.1) is 29.4 Å². The highest BCUT2D eigenvalue weighted by Gasteiger charge is 2.32. The van der Waals surface area contributed by atoms with Crippen molar-refractivity contribution < 1.29 is 9.53 Å². The van der Waals surface area contributed by atoms with Gasteiger partial charge in [-0.25, -0.2) is 0 Å². The number of benzene rings is 2. The highest BCUT2D eigenvalue weighted by atomic mass is 35.5. The number of anilines is 2. The van der Waals surface area contributed by atoms with Crippen LogP contribution in [0.1, 0.15) is 12.8 Å². The van der Waals surface area contributed by atoms with Gasteiger partial charge in [0, 0.05) is 44.8 Å². The highest BCUT2D eigenvalue weighted by molar-refractivity contribution is 6.33. The van der Waals surface area contributed by atoms with E-state index in [2.05, 4.69) is 20.0 Å². The molecule has 182 valence electrons. The van der Waals surface area contributed by atoms with Crippen molar-refractivity contribution in [2.24, 2.45) is 5.92 Å². The Balaban J connectivity index is 1.19. The fourth-order valence-electron chi connectivity index (χ4n) is 4.93. The summed E-state index contributed by atoms with van der Waals surface area (Å²) < 4.78 is 5.23. The van der Waals surface area contributed by atoms with Crippen LogP contribution in [0.4, 0.5) is 11.5 Å². The summed E-state index contributed by atoms with van der Waals surface area (Å²) in [7, 11) is 1.65. The van der Waals surface area contributed by atoms with E-state index in [1.165, 1.54) is 0 Å². The molecular weight excluding hydrogens is 462 g/mol. The van der Waals surface area contributed by atoms with Crippen LogP contribution in [-0.4, -0.2) is 67.4 Å². The van der Waals surface area contributed by atoms with Crippen molar-refractivity contribution in [3.05, 3.63) is 65.7 Å². The van der Waals surface area contributed by atoms with Crippen LogP contribution < -0.4 is 14.5 Å². The smallest absolute Gasteiger partial charge is 0.227 e. The van der Waals surface area contributed by atoms with Gasteiger partial charge >= 0.3 is 0 Å². The minimum atomic E-state index is -0.0151. The van der Waals surface area contributed by atoms with Crippen LogP contribution in [0.5, 0.6) is 5.75 Å². The summed E-state index contributed by atoms with van der Waals surface area (Å²) in [5, 5.41) is 9.68. The Morgan fingerprint density at radius 1 is 0.914 bits per heavy atom. The number of para-hydroxylation sites is 1. The molecule has 35 heavy (non-hydrogen) atoms. The van der Waals surface area contributed by atoms with Gasteiger partial charge in [-0.1, -0.05) is 23.7 Å². The van der Waals surface area contributed by atoms with Crippen LogP contribution in [0.15, 0.2) is 60.7 Å². The minimum Gasteiger partial charge on any atom is -0.497 e.